The number of non-ortho nitro benzene ring substituents is 1. The van der Waals surface area contributed by atoms with Crippen molar-refractivity contribution < 1.29 is 18.8 Å². The molecule has 0 N–H and O–H groups in total. The Balaban J connectivity index is 2.36. The second kappa shape index (κ2) is 5.66. The lowest BCUT2D eigenvalue weighted by molar-refractivity contribution is -0.384. The predicted octanol–water partition coefficient (Wildman–Crippen LogP) is 3.99. The largest absolute Gasteiger partial charge is 0.452 e. The number of hydrogen-bond acceptors (Lipinski definition) is 4. The van der Waals surface area contributed by atoms with Gasteiger partial charge >= 0.3 is 0 Å². The molecule has 0 fully saturated rings. The molecule has 0 atom stereocenters. The predicted molar refractivity (Wildman–Crippen MR) is 70.0 cm³/mol. The highest BCUT2D eigenvalue weighted by Crippen LogP contribution is 2.33. The molecule has 0 unspecified atom stereocenters. The number of nitro benzene ring substituents is 1. The van der Waals surface area contributed by atoms with Crippen molar-refractivity contribution in [2.75, 3.05) is 0 Å². The van der Waals surface area contributed by atoms with Gasteiger partial charge in [0, 0.05) is 11.6 Å². The van der Waals surface area contributed by atoms with E-state index in [4.69, 9.17) is 16.3 Å². The molecule has 0 spiro atoms. The number of rotatable bonds is 4. The van der Waals surface area contributed by atoms with Crippen molar-refractivity contribution in [3.8, 4) is 11.5 Å². The average Bonchev–Trinajstić information content (AvgIpc) is 2.42. The summed E-state index contributed by atoms with van der Waals surface area (Å²) in [6.07, 6.45) is 0.493. The zero-order valence-corrected chi connectivity index (χ0v) is 10.6. The van der Waals surface area contributed by atoms with Gasteiger partial charge in [-0.3, -0.25) is 14.9 Å². The van der Waals surface area contributed by atoms with Gasteiger partial charge in [0.05, 0.1) is 16.0 Å². The van der Waals surface area contributed by atoms with E-state index in [1.54, 1.807) is 0 Å². The van der Waals surface area contributed by atoms with Gasteiger partial charge in [-0.15, -0.1) is 0 Å². The Morgan fingerprint density at radius 3 is 2.55 bits per heavy atom. The van der Waals surface area contributed by atoms with Gasteiger partial charge in [-0.25, -0.2) is 4.39 Å². The molecule has 0 aromatic heterocycles. The Morgan fingerprint density at radius 2 is 1.95 bits per heavy atom. The summed E-state index contributed by atoms with van der Waals surface area (Å²) in [7, 11) is 0. The summed E-state index contributed by atoms with van der Waals surface area (Å²) < 4.78 is 18.9. The lowest BCUT2D eigenvalue weighted by Gasteiger charge is -2.08. The van der Waals surface area contributed by atoms with Gasteiger partial charge in [-0.2, -0.15) is 0 Å². The molecular weight excluding hydrogens is 289 g/mol. The molecule has 2 aromatic rings. The van der Waals surface area contributed by atoms with Gasteiger partial charge < -0.3 is 4.74 Å². The van der Waals surface area contributed by atoms with Crippen LogP contribution in [0.15, 0.2) is 36.4 Å². The van der Waals surface area contributed by atoms with Crippen LogP contribution in [0, 0.1) is 15.9 Å². The maximum Gasteiger partial charge on any atom is 0.273 e. The molecular formula is C13H7ClFNO4. The maximum atomic E-state index is 13.7. The van der Waals surface area contributed by atoms with Gasteiger partial charge in [-0.1, -0.05) is 11.6 Å². The molecule has 0 aliphatic rings. The van der Waals surface area contributed by atoms with Crippen molar-refractivity contribution >= 4 is 23.6 Å². The topological polar surface area (TPSA) is 69.4 Å². The molecule has 0 saturated heterocycles. The SMILES string of the molecule is O=Cc1ccc(Oc2cc([N+](=O)[O-])ccc2Cl)c(F)c1. The molecule has 5 nitrogen and oxygen atoms in total. The van der Waals surface area contributed by atoms with Crippen LogP contribution in [0.2, 0.25) is 5.02 Å². The minimum absolute atomic E-state index is 0.0429. The van der Waals surface area contributed by atoms with Crippen LogP contribution in [0.5, 0.6) is 11.5 Å². The molecule has 0 aliphatic heterocycles. The fourth-order valence-corrected chi connectivity index (χ4v) is 1.63. The first-order chi connectivity index (χ1) is 9.51. The molecule has 7 heteroatoms. The van der Waals surface area contributed by atoms with E-state index in [1.807, 2.05) is 0 Å². The number of ether oxygens (including phenoxy) is 1. The first kappa shape index (κ1) is 14.0. The minimum atomic E-state index is -0.767. The van der Waals surface area contributed by atoms with E-state index in [9.17, 15) is 19.3 Å². The number of carbonyl (C=O) groups excluding carboxylic acids is 1. The Morgan fingerprint density at radius 1 is 1.20 bits per heavy atom. The van der Waals surface area contributed by atoms with Crippen LogP contribution in [0.25, 0.3) is 0 Å². The molecule has 0 bridgehead atoms. The van der Waals surface area contributed by atoms with Gasteiger partial charge in [-0.05, 0) is 24.3 Å². The van der Waals surface area contributed by atoms with Crippen molar-refractivity contribution in [2.45, 2.75) is 0 Å². The maximum absolute atomic E-state index is 13.7. The molecule has 0 radical (unpaired) electrons. The van der Waals surface area contributed by atoms with Gasteiger partial charge in [0.15, 0.2) is 17.3 Å². The number of hydrogen-bond donors (Lipinski definition) is 0. The highest BCUT2D eigenvalue weighted by Gasteiger charge is 2.13. The van der Waals surface area contributed by atoms with Gasteiger partial charge in [0.1, 0.15) is 6.29 Å². The lowest BCUT2D eigenvalue weighted by Crippen LogP contribution is -1.93. The summed E-state index contributed by atoms with van der Waals surface area (Å²) in [6, 6.07) is 7.18. The summed E-state index contributed by atoms with van der Waals surface area (Å²) in [5, 5.41) is 10.8. The molecule has 0 heterocycles. The van der Waals surface area contributed by atoms with Gasteiger partial charge in [0.2, 0.25) is 0 Å². The number of halogens is 2. The normalized spacial score (nSPS) is 10.1. The summed E-state index contributed by atoms with van der Waals surface area (Å²) in [5.74, 6) is -0.992. The third kappa shape index (κ3) is 2.92. The number of carbonyl (C=O) groups is 1. The zero-order chi connectivity index (χ0) is 14.7. The molecule has 0 saturated carbocycles. The fraction of sp³-hybridized carbons (Fsp3) is 0. The zero-order valence-electron chi connectivity index (χ0n) is 9.88. The van der Waals surface area contributed by atoms with E-state index in [1.165, 1.54) is 24.3 Å². The Kier molecular flexibility index (Phi) is 3.95. The van der Waals surface area contributed by atoms with Crippen LogP contribution in [0.3, 0.4) is 0 Å². The second-order valence-corrected chi connectivity index (χ2v) is 4.19. The van der Waals surface area contributed by atoms with Crippen molar-refractivity contribution in [3.05, 3.63) is 62.9 Å². The van der Waals surface area contributed by atoms with Crippen LogP contribution in [-0.2, 0) is 0 Å². The first-order valence-corrected chi connectivity index (χ1v) is 5.75. The van der Waals surface area contributed by atoms with Crippen LogP contribution in [0.1, 0.15) is 10.4 Å². The van der Waals surface area contributed by atoms with E-state index in [2.05, 4.69) is 0 Å². The number of benzene rings is 2. The molecule has 0 amide bonds. The number of aldehydes is 1. The third-order valence-electron chi connectivity index (χ3n) is 2.44. The van der Waals surface area contributed by atoms with E-state index < -0.39 is 10.7 Å². The summed E-state index contributed by atoms with van der Waals surface area (Å²) >= 11 is 5.84. The number of nitro groups is 1. The van der Waals surface area contributed by atoms with Crippen LogP contribution in [-0.4, -0.2) is 11.2 Å². The Hall–Kier alpha value is -2.47. The van der Waals surface area contributed by atoms with Crippen molar-refractivity contribution in [2.24, 2.45) is 0 Å². The summed E-state index contributed by atoms with van der Waals surface area (Å²) in [4.78, 5) is 20.5. The molecule has 2 aromatic carbocycles. The van der Waals surface area contributed by atoms with Crippen molar-refractivity contribution in [1.82, 2.24) is 0 Å². The van der Waals surface area contributed by atoms with Crippen molar-refractivity contribution in [3.63, 3.8) is 0 Å². The van der Waals surface area contributed by atoms with Crippen molar-refractivity contribution in [1.29, 1.82) is 0 Å². The Labute approximate surface area is 117 Å². The van der Waals surface area contributed by atoms with E-state index in [0.29, 0.717) is 6.29 Å². The second-order valence-electron chi connectivity index (χ2n) is 3.78. The van der Waals surface area contributed by atoms with Gasteiger partial charge in [0.25, 0.3) is 5.69 Å². The average molecular weight is 296 g/mol. The summed E-state index contributed by atoms with van der Waals surface area (Å²) in [6.45, 7) is 0. The summed E-state index contributed by atoms with van der Waals surface area (Å²) in [5.41, 5.74) is -0.0747. The standard InChI is InChI=1S/C13H7ClFNO4/c14-10-3-2-9(16(18)19)6-13(10)20-12-4-1-8(7-17)5-11(12)15/h1-7H. The monoisotopic (exact) mass is 295 g/mol. The third-order valence-corrected chi connectivity index (χ3v) is 2.75. The lowest BCUT2D eigenvalue weighted by atomic mass is 10.2. The van der Waals surface area contributed by atoms with Crippen LogP contribution >= 0.6 is 11.6 Å². The quantitative estimate of drug-likeness (QED) is 0.486. The van der Waals surface area contributed by atoms with E-state index in [0.717, 1.165) is 12.1 Å². The molecule has 102 valence electrons. The highest BCUT2D eigenvalue weighted by molar-refractivity contribution is 6.32. The van der Waals surface area contributed by atoms with E-state index >= 15 is 0 Å². The molecule has 20 heavy (non-hydrogen) atoms. The molecule has 2 rings (SSSR count). The van der Waals surface area contributed by atoms with E-state index in [-0.39, 0.29) is 27.8 Å². The fourth-order valence-electron chi connectivity index (χ4n) is 1.48. The molecule has 0 aliphatic carbocycles. The number of nitrogens with zero attached hydrogens (tertiary/aromatic N) is 1. The van der Waals surface area contributed by atoms with Crippen LogP contribution in [0.4, 0.5) is 10.1 Å². The highest BCUT2D eigenvalue weighted by atomic mass is 35.5. The Bertz CT molecular complexity index is 690. The van der Waals surface area contributed by atoms with Crippen LogP contribution < -0.4 is 4.74 Å². The smallest absolute Gasteiger partial charge is 0.273 e. The first-order valence-electron chi connectivity index (χ1n) is 5.38. The minimum Gasteiger partial charge on any atom is -0.452 e.